The first kappa shape index (κ1) is 19.8. The molecule has 1 heterocycles. The third kappa shape index (κ3) is 5.77. The van der Waals surface area contributed by atoms with Crippen LogP contribution in [-0.4, -0.2) is 27.6 Å². The fourth-order valence-electron chi connectivity index (χ4n) is 2.14. The van der Waals surface area contributed by atoms with Crippen molar-refractivity contribution in [3.8, 4) is 0 Å². The predicted octanol–water partition coefficient (Wildman–Crippen LogP) is 5.00. The highest BCUT2D eigenvalue weighted by molar-refractivity contribution is 8.01. The van der Waals surface area contributed by atoms with Gasteiger partial charge in [-0.1, -0.05) is 76.6 Å². The Morgan fingerprint density at radius 3 is 2.56 bits per heavy atom. The predicted molar refractivity (Wildman–Crippen MR) is 110 cm³/mol. The van der Waals surface area contributed by atoms with E-state index in [9.17, 15) is 9.59 Å². The van der Waals surface area contributed by atoms with Crippen LogP contribution in [0.1, 0.15) is 15.9 Å². The molecular weight excluding hydrogens is 425 g/mol. The number of hydrogen-bond acceptors (Lipinski definition) is 6. The van der Waals surface area contributed by atoms with Gasteiger partial charge in [0.1, 0.15) is 5.78 Å². The Morgan fingerprint density at radius 1 is 1.04 bits per heavy atom. The van der Waals surface area contributed by atoms with Gasteiger partial charge in [0.2, 0.25) is 5.13 Å². The second kappa shape index (κ2) is 9.32. The number of nitrogens with zero attached hydrogens (tertiary/aromatic N) is 2. The molecule has 9 heteroatoms. The van der Waals surface area contributed by atoms with Crippen LogP contribution < -0.4 is 5.32 Å². The van der Waals surface area contributed by atoms with E-state index in [1.54, 1.807) is 12.1 Å². The summed E-state index contributed by atoms with van der Waals surface area (Å²) in [4.78, 5) is 24.3. The van der Waals surface area contributed by atoms with E-state index in [2.05, 4.69) is 15.5 Å². The molecule has 0 aliphatic carbocycles. The van der Waals surface area contributed by atoms with Crippen LogP contribution in [-0.2, 0) is 11.2 Å². The largest absolute Gasteiger partial charge is 0.298 e. The van der Waals surface area contributed by atoms with Crippen molar-refractivity contribution in [1.29, 1.82) is 0 Å². The first-order chi connectivity index (χ1) is 13.0. The van der Waals surface area contributed by atoms with Crippen molar-refractivity contribution in [2.75, 3.05) is 11.1 Å². The number of ketones is 1. The van der Waals surface area contributed by atoms with Gasteiger partial charge in [-0.15, -0.1) is 10.2 Å². The highest BCUT2D eigenvalue weighted by Crippen LogP contribution is 2.27. The molecule has 1 aromatic heterocycles. The number of halogens is 2. The molecule has 3 rings (SSSR count). The lowest BCUT2D eigenvalue weighted by Crippen LogP contribution is -2.11. The molecule has 0 aliphatic rings. The molecule has 0 unspecified atom stereocenters. The maximum Gasteiger partial charge on any atom is 0.257 e. The van der Waals surface area contributed by atoms with Gasteiger partial charge in [0.25, 0.3) is 5.91 Å². The molecule has 0 radical (unpaired) electrons. The number of rotatable bonds is 7. The summed E-state index contributed by atoms with van der Waals surface area (Å²) in [7, 11) is 0. The molecule has 0 saturated heterocycles. The molecule has 5 nitrogen and oxygen atoms in total. The van der Waals surface area contributed by atoms with Crippen molar-refractivity contribution in [1.82, 2.24) is 10.2 Å². The van der Waals surface area contributed by atoms with Crippen molar-refractivity contribution in [3.63, 3.8) is 0 Å². The van der Waals surface area contributed by atoms with E-state index in [0.717, 1.165) is 5.56 Å². The number of carbonyl (C=O) groups excluding carboxylic acids is 2. The highest BCUT2D eigenvalue weighted by Gasteiger charge is 2.13. The van der Waals surface area contributed by atoms with Crippen LogP contribution >= 0.6 is 46.3 Å². The standard InChI is InChI=1S/C18H13Cl2N3O2S2/c19-14-7-6-12(9-15(14)20)16(25)21-17-22-23-18(27-17)26-10-13(24)8-11-4-2-1-3-5-11/h1-7,9H,8,10H2,(H,21,22,25). The highest BCUT2D eigenvalue weighted by atomic mass is 35.5. The fourth-order valence-corrected chi connectivity index (χ4v) is 4.05. The lowest BCUT2D eigenvalue weighted by molar-refractivity contribution is -0.116. The minimum absolute atomic E-state index is 0.0998. The Bertz CT molecular complexity index is 964. The number of Topliss-reactive ketones (excluding diaryl/α,β-unsaturated/α-hetero) is 1. The van der Waals surface area contributed by atoms with Crippen molar-refractivity contribution < 1.29 is 9.59 Å². The molecule has 0 spiro atoms. The van der Waals surface area contributed by atoms with Crippen molar-refractivity contribution in [2.45, 2.75) is 10.8 Å². The summed E-state index contributed by atoms with van der Waals surface area (Å²) in [6.45, 7) is 0. The molecule has 0 aliphatic heterocycles. The third-order valence-electron chi connectivity index (χ3n) is 3.41. The van der Waals surface area contributed by atoms with E-state index in [1.807, 2.05) is 30.3 Å². The number of thioether (sulfide) groups is 1. The average molecular weight is 438 g/mol. The lowest BCUT2D eigenvalue weighted by atomic mass is 10.1. The summed E-state index contributed by atoms with van der Waals surface area (Å²) in [5.41, 5.74) is 1.35. The molecule has 3 aromatic rings. The number of aromatic nitrogens is 2. The van der Waals surface area contributed by atoms with Crippen LogP contribution in [0.3, 0.4) is 0 Å². The van der Waals surface area contributed by atoms with Gasteiger partial charge in [-0.2, -0.15) is 0 Å². The van der Waals surface area contributed by atoms with E-state index in [4.69, 9.17) is 23.2 Å². The molecule has 0 fully saturated rings. The minimum atomic E-state index is -0.360. The Kier molecular flexibility index (Phi) is 6.84. The summed E-state index contributed by atoms with van der Waals surface area (Å²) < 4.78 is 0.612. The zero-order valence-electron chi connectivity index (χ0n) is 13.8. The van der Waals surface area contributed by atoms with Gasteiger partial charge < -0.3 is 0 Å². The molecule has 1 amide bonds. The van der Waals surface area contributed by atoms with Gasteiger partial charge in [0.05, 0.1) is 15.8 Å². The topological polar surface area (TPSA) is 72.0 Å². The van der Waals surface area contributed by atoms with Crippen LogP contribution in [0.5, 0.6) is 0 Å². The Hall–Kier alpha value is -1.93. The number of hydrogen-bond donors (Lipinski definition) is 1. The van der Waals surface area contributed by atoms with Gasteiger partial charge in [0, 0.05) is 12.0 Å². The number of amides is 1. The van der Waals surface area contributed by atoms with Gasteiger partial charge in [-0.25, -0.2) is 0 Å². The first-order valence-corrected chi connectivity index (χ1v) is 10.4. The maximum absolute atomic E-state index is 12.2. The molecule has 138 valence electrons. The zero-order chi connectivity index (χ0) is 19.2. The maximum atomic E-state index is 12.2. The molecule has 0 saturated carbocycles. The van der Waals surface area contributed by atoms with Crippen molar-refractivity contribution in [3.05, 3.63) is 69.7 Å². The van der Waals surface area contributed by atoms with Gasteiger partial charge >= 0.3 is 0 Å². The van der Waals surface area contributed by atoms with E-state index in [0.29, 0.717) is 37.3 Å². The average Bonchev–Trinajstić information content (AvgIpc) is 3.10. The van der Waals surface area contributed by atoms with Crippen LogP contribution in [0.2, 0.25) is 10.0 Å². The molecule has 0 atom stereocenters. The van der Waals surface area contributed by atoms with Crippen LogP contribution in [0, 0.1) is 0 Å². The second-order valence-electron chi connectivity index (χ2n) is 5.45. The number of carbonyl (C=O) groups is 2. The van der Waals surface area contributed by atoms with E-state index in [-0.39, 0.29) is 11.7 Å². The minimum Gasteiger partial charge on any atom is -0.298 e. The smallest absolute Gasteiger partial charge is 0.257 e. The SMILES string of the molecule is O=C(CSc1nnc(NC(=O)c2ccc(Cl)c(Cl)c2)s1)Cc1ccccc1. The fraction of sp³-hybridized carbons (Fsp3) is 0.111. The molecular formula is C18H13Cl2N3O2S2. The van der Waals surface area contributed by atoms with Gasteiger partial charge in [-0.3, -0.25) is 14.9 Å². The molecule has 1 N–H and O–H groups in total. The van der Waals surface area contributed by atoms with Crippen molar-refractivity contribution in [2.24, 2.45) is 0 Å². The molecule has 27 heavy (non-hydrogen) atoms. The lowest BCUT2D eigenvalue weighted by Gasteiger charge is -2.02. The third-order valence-corrected chi connectivity index (χ3v) is 6.18. The second-order valence-corrected chi connectivity index (χ2v) is 8.46. The van der Waals surface area contributed by atoms with E-state index in [1.165, 1.54) is 29.2 Å². The Balaban J connectivity index is 1.52. The van der Waals surface area contributed by atoms with Gasteiger partial charge in [-0.05, 0) is 23.8 Å². The molecule has 2 aromatic carbocycles. The summed E-state index contributed by atoms with van der Waals surface area (Å²) in [5, 5.41) is 11.6. The van der Waals surface area contributed by atoms with Crippen LogP contribution in [0.15, 0.2) is 52.9 Å². The Labute approximate surface area is 174 Å². The normalized spacial score (nSPS) is 10.6. The quantitative estimate of drug-likeness (QED) is 0.415. The summed E-state index contributed by atoms with van der Waals surface area (Å²) in [6.07, 6.45) is 0.383. The van der Waals surface area contributed by atoms with E-state index >= 15 is 0 Å². The summed E-state index contributed by atoms with van der Waals surface area (Å²) in [5.74, 6) is 0.0359. The number of nitrogens with one attached hydrogen (secondary N) is 1. The van der Waals surface area contributed by atoms with Crippen LogP contribution in [0.25, 0.3) is 0 Å². The van der Waals surface area contributed by atoms with Crippen molar-refractivity contribution >= 4 is 63.1 Å². The summed E-state index contributed by atoms with van der Waals surface area (Å²) >= 11 is 14.3. The summed E-state index contributed by atoms with van der Waals surface area (Å²) in [6, 6.07) is 14.2. The van der Waals surface area contributed by atoms with Gasteiger partial charge in [0.15, 0.2) is 4.34 Å². The zero-order valence-corrected chi connectivity index (χ0v) is 17.0. The molecule has 0 bridgehead atoms. The number of anilines is 1. The van der Waals surface area contributed by atoms with E-state index < -0.39 is 0 Å². The Morgan fingerprint density at radius 2 is 1.81 bits per heavy atom. The van der Waals surface area contributed by atoms with Crippen LogP contribution in [0.4, 0.5) is 5.13 Å². The first-order valence-electron chi connectivity index (χ1n) is 7.79. The number of benzene rings is 2. The monoisotopic (exact) mass is 437 g/mol.